The van der Waals surface area contributed by atoms with Gasteiger partial charge in [0.15, 0.2) is 11.5 Å². The number of aliphatic carboxylic acids is 1. The number of fused-ring (bicyclic) bond motifs is 1. The molecule has 0 amide bonds. The molecule has 1 heterocycles. The number of aromatic nitrogens is 1. The van der Waals surface area contributed by atoms with Crippen molar-refractivity contribution in [3.8, 4) is 0 Å². The van der Waals surface area contributed by atoms with E-state index in [-0.39, 0.29) is 6.04 Å². The third-order valence-corrected chi connectivity index (χ3v) is 3.10. The number of oxazole rings is 1. The quantitative estimate of drug-likeness (QED) is 0.748. The van der Waals surface area contributed by atoms with Gasteiger partial charge in [-0.05, 0) is 31.8 Å². The zero-order chi connectivity index (χ0) is 14.0. The number of carboxylic acids is 1. The summed E-state index contributed by atoms with van der Waals surface area (Å²) in [5.41, 5.74) is 2.27. The van der Waals surface area contributed by atoms with Crippen LogP contribution in [0, 0.1) is 6.92 Å². The van der Waals surface area contributed by atoms with Crippen LogP contribution < -0.4 is 10.6 Å². The molecule has 0 fully saturated rings. The molecule has 0 saturated carbocycles. The molecule has 2 unspecified atom stereocenters. The molecule has 0 bridgehead atoms. The molecule has 0 aliphatic carbocycles. The van der Waals surface area contributed by atoms with Crippen LogP contribution in [-0.2, 0) is 4.79 Å². The topological polar surface area (TPSA) is 87.4 Å². The summed E-state index contributed by atoms with van der Waals surface area (Å²) in [6.07, 6.45) is 0. The van der Waals surface area contributed by atoms with E-state index < -0.39 is 12.0 Å². The normalized spacial score (nSPS) is 14.5. The molecular weight excluding hydrogens is 246 g/mol. The van der Waals surface area contributed by atoms with Crippen LogP contribution in [0.25, 0.3) is 11.1 Å². The Morgan fingerprint density at radius 2 is 2.11 bits per heavy atom. The molecule has 0 spiro atoms. The van der Waals surface area contributed by atoms with E-state index in [0.717, 1.165) is 11.1 Å². The van der Waals surface area contributed by atoms with Crippen LogP contribution in [0.5, 0.6) is 0 Å². The number of likely N-dealkylation sites (N-methyl/N-ethyl adjacent to an activating group) is 2. The summed E-state index contributed by atoms with van der Waals surface area (Å²) >= 11 is 0. The summed E-state index contributed by atoms with van der Waals surface area (Å²) < 4.78 is 5.47. The predicted molar refractivity (Wildman–Crippen MR) is 71.0 cm³/mol. The molecule has 6 heteroatoms. The highest BCUT2D eigenvalue weighted by Crippen LogP contribution is 2.23. The van der Waals surface area contributed by atoms with E-state index in [9.17, 15) is 9.90 Å². The van der Waals surface area contributed by atoms with E-state index in [0.29, 0.717) is 11.5 Å². The molecule has 3 N–H and O–H groups in total. The number of hydrogen-bond donors (Lipinski definition) is 3. The first kappa shape index (κ1) is 13.5. The Morgan fingerprint density at radius 3 is 2.68 bits per heavy atom. The van der Waals surface area contributed by atoms with Gasteiger partial charge in [-0.3, -0.25) is 4.79 Å². The van der Waals surface area contributed by atoms with Crippen molar-refractivity contribution in [2.24, 2.45) is 0 Å². The van der Waals surface area contributed by atoms with Gasteiger partial charge < -0.3 is 20.2 Å². The van der Waals surface area contributed by atoms with Crippen molar-refractivity contribution in [1.82, 2.24) is 15.6 Å². The van der Waals surface area contributed by atoms with Crippen molar-refractivity contribution < 1.29 is 14.3 Å². The van der Waals surface area contributed by atoms with Crippen LogP contribution in [0.15, 0.2) is 22.6 Å². The monoisotopic (exact) mass is 263 g/mol. The van der Waals surface area contributed by atoms with Crippen molar-refractivity contribution in [1.29, 1.82) is 0 Å². The molecule has 19 heavy (non-hydrogen) atoms. The lowest BCUT2D eigenvalue weighted by atomic mass is 9.99. The zero-order valence-corrected chi connectivity index (χ0v) is 11.1. The van der Waals surface area contributed by atoms with Gasteiger partial charge in [0, 0.05) is 6.92 Å². The number of carboxylic acid groups (broad SMARTS) is 1. The lowest BCUT2D eigenvalue weighted by Crippen LogP contribution is -2.44. The number of carbonyl (C=O) groups is 1. The van der Waals surface area contributed by atoms with Crippen molar-refractivity contribution in [2.75, 3.05) is 14.1 Å². The first-order valence-electron chi connectivity index (χ1n) is 6.01. The van der Waals surface area contributed by atoms with Crippen LogP contribution in [0.4, 0.5) is 0 Å². The van der Waals surface area contributed by atoms with Gasteiger partial charge in [0.2, 0.25) is 0 Å². The van der Waals surface area contributed by atoms with E-state index >= 15 is 0 Å². The van der Waals surface area contributed by atoms with E-state index in [1.54, 1.807) is 21.0 Å². The SMILES string of the molecule is CNC(C(=O)O)C(NC)c1ccc2nc(C)oc2c1. The molecule has 2 aromatic rings. The molecular formula is C13H17N3O3. The molecule has 2 atom stereocenters. The second-order valence-electron chi connectivity index (χ2n) is 4.33. The van der Waals surface area contributed by atoms with E-state index in [1.165, 1.54) is 0 Å². The second kappa shape index (κ2) is 5.38. The minimum atomic E-state index is -0.907. The van der Waals surface area contributed by atoms with Crippen LogP contribution in [0.1, 0.15) is 17.5 Å². The van der Waals surface area contributed by atoms with E-state index in [1.807, 2.05) is 18.2 Å². The summed E-state index contributed by atoms with van der Waals surface area (Å²) in [5, 5.41) is 15.0. The van der Waals surface area contributed by atoms with Crippen molar-refractivity contribution in [3.63, 3.8) is 0 Å². The molecule has 0 aliphatic heterocycles. The van der Waals surface area contributed by atoms with E-state index in [4.69, 9.17) is 4.42 Å². The summed E-state index contributed by atoms with van der Waals surface area (Å²) in [7, 11) is 3.36. The summed E-state index contributed by atoms with van der Waals surface area (Å²) in [6, 6.07) is 4.45. The first-order valence-corrected chi connectivity index (χ1v) is 6.01. The Labute approximate surface area is 110 Å². The van der Waals surface area contributed by atoms with Gasteiger partial charge in [-0.25, -0.2) is 4.98 Å². The van der Waals surface area contributed by atoms with Gasteiger partial charge in [-0.2, -0.15) is 0 Å². The van der Waals surface area contributed by atoms with Gasteiger partial charge in [0.05, 0.1) is 6.04 Å². The third kappa shape index (κ3) is 2.59. The maximum atomic E-state index is 11.2. The molecule has 2 rings (SSSR count). The van der Waals surface area contributed by atoms with Crippen molar-refractivity contribution in [2.45, 2.75) is 19.0 Å². The predicted octanol–water partition coefficient (Wildman–Crippen LogP) is 1.07. The van der Waals surface area contributed by atoms with Crippen molar-refractivity contribution in [3.05, 3.63) is 29.7 Å². The fourth-order valence-corrected chi connectivity index (χ4v) is 2.21. The number of hydrogen-bond acceptors (Lipinski definition) is 5. The minimum Gasteiger partial charge on any atom is -0.480 e. The fourth-order valence-electron chi connectivity index (χ4n) is 2.21. The second-order valence-corrected chi connectivity index (χ2v) is 4.33. The molecule has 1 aromatic carbocycles. The van der Waals surface area contributed by atoms with Gasteiger partial charge >= 0.3 is 5.97 Å². The number of rotatable bonds is 5. The standard InChI is InChI=1S/C13H17N3O3/c1-7-16-9-5-4-8(6-10(9)19-7)11(14-2)12(15-3)13(17)18/h4-6,11-12,14-15H,1-3H3,(H,17,18). The number of benzene rings is 1. The van der Waals surface area contributed by atoms with Gasteiger partial charge in [-0.1, -0.05) is 6.07 Å². The van der Waals surface area contributed by atoms with Crippen molar-refractivity contribution >= 4 is 17.1 Å². The molecule has 0 aliphatic rings. The zero-order valence-electron chi connectivity index (χ0n) is 11.1. The molecule has 0 radical (unpaired) electrons. The minimum absolute atomic E-state index is 0.350. The van der Waals surface area contributed by atoms with Gasteiger partial charge in [0.1, 0.15) is 11.6 Å². The molecule has 6 nitrogen and oxygen atoms in total. The summed E-state index contributed by atoms with van der Waals surface area (Å²) in [5.74, 6) is -0.313. The van der Waals surface area contributed by atoms with Crippen LogP contribution in [0.3, 0.4) is 0 Å². The number of nitrogens with one attached hydrogen (secondary N) is 2. The highest BCUT2D eigenvalue weighted by atomic mass is 16.4. The highest BCUT2D eigenvalue weighted by Gasteiger charge is 2.27. The molecule has 0 saturated heterocycles. The largest absolute Gasteiger partial charge is 0.480 e. The Balaban J connectivity index is 2.42. The third-order valence-electron chi connectivity index (χ3n) is 3.10. The first-order chi connectivity index (χ1) is 9.06. The average Bonchev–Trinajstić information content (AvgIpc) is 2.74. The van der Waals surface area contributed by atoms with Crippen LogP contribution >= 0.6 is 0 Å². The highest BCUT2D eigenvalue weighted by molar-refractivity contribution is 5.77. The van der Waals surface area contributed by atoms with Crippen LogP contribution in [0.2, 0.25) is 0 Å². The van der Waals surface area contributed by atoms with E-state index in [2.05, 4.69) is 15.6 Å². The number of nitrogens with zero attached hydrogens (tertiary/aromatic N) is 1. The Hall–Kier alpha value is -1.92. The fraction of sp³-hybridized carbons (Fsp3) is 0.385. The average molecular weight is 263 g/mol. The van der Waals surface area contributed by atoms with Gasteiger partial charge in [0.25, 0.3) is 0 Å². The maximum Gasteiger partial charge on any atom is 0.322 e. The van der Waals surface area contributed by atoms with Gasteiger partial charge in [-0.15, -0.1) is 0 Å². The smallest absolute Gasteiger partial charge is 0.322 e. The Bertz CT molecular complexity index is 594. The molecule has 1 aromatic heterocycles. The Morgan fingerprint density at radius 1 is 1.37 bits per heavy atom. The summed E-state index contributed by atoms with van der Waals surface area (Å²) in [4.78, 5) is 15.5. The maximum absolute atomic E-state index is 11.2. The molecule has 102 valence electrons. The lowest BCUT2D eigenvalue weighted by molar-refractivity contribution is -0.140. The Kier molecular flexibility index (Phi) is 3.82. The summed E-state index contributed by atoms with van der Waals surface area (Å²) in [6.45, 7) is 1.78. The lowest BCUT2D eigenvalue weighted by Gasteiger charge is -2.23. The number of aryl methyl sites for hydroxylation is 1. The van der Waals surface area contributed by atoms with Crippen LogP contribution in [-0.4, -0.2) is 36.2 Å².